The van der Waals surface area contributed by atoms with Crippen molar-refractivity contribution in [1.29, 1.82) is 0 Å². The number of ketones is 1. The van der Waals surface area contributed by atoms with Gasteiger partial charge in [0.1, 0.15) is 11.6 Å². The molecule has 9 heteroatoms. The molecule has 178 valence electrons. The predicted molar refractivity (Wildman–Crippen MR) is 132 cm³/mol. The van der Waals surface area contributed by atoms with Gasteiger partial charge < -0.3 is 16.0 Å². The summed E-state index contributed by atoms with van der Waals surface area (Å²) in [5.74, 6) is 2.19. The van der Waals surface area contributed by atoms with E-state index in [1.54, 1.807) is 0 Å². The summed E-state index contributed by atoms with van der Waals surface area (Å²) >= 11 is 0. The first-order valence-corrected chi connectivity index (χ1v) is 11.7. The van der Waals surface area contributed by atoms with E-state index in [2.05, 4.69) is 40.0 Å². The van der Waals surface area contributed by atoms with Crippen LogP contribution in [-0.4, -0.2) is 44.0 Å². The van der Waals surface area contributed by atoms with Crippen molar-refractivity contribution in [3.8, 4) is 0 Å². The fourth-order valence-corrected chi connectivity index (χ4v) is 3.79. The van der Waals surface area contributed by atoms with Gasteiger partial charge in [-0.3, -0.25) is 9.20 Å². The number of carbonyl (C=O) groups is 2. The summed E-state index contributed by atoms with van der Waals surface area (Å²) in [7, 11) is 0. The Bertz CT molecular complexity index is 1120. The third-order valence-electron chi connectivity index (χ3n) is 5.22. The maximum absolute atomic E-state index is 12.1. The minimum absolute atomic E-state index is 0.0482. The Morgan fingerprint density at radius 2 is 1.85 bits per heavy atom. The zero-order valence-corrected chi connectivity index (χ0v) is 20.2. The molecule has 0 atom stereocenters. The molecule has 0 radical (unpaired) electrons. The molecular weight excluding hydrogens is 418 g/mol. The van der Waals surface area contributed by atoms with Crippen molar-refractivity contribution in [1.82, 2.24) is 24.9 Å². The molecule has 2 amide bonds. The molecule has 0 aliphatic carbocycles. The van der Waals surface area contributed by atoms with Gasteiger partial charge in [-0.25, -0.2) is 9.78 Å². The van der Waals surface area contributed by atoms with E-state index in [0.717, 1.165) is 42.7 Å². The van der Waals surface area contributed by atoms with Crippen molar-refractivity contribution in [2.75, 3.05) is 17.2 Å². The number of nitrogens with one attached hydrogen (secondary N) is 3. The van der Waals surface area contributed by atoms with E-state index in [-0.39, 0.29) is 12.1 Å². The molecule has 0 saturated carbocycles. The third kappa shape index (κ3) is 6.63. The second kappa shape index (κ2) is 11.1. The minimum Gasteiger partial charge on any atom is -0.367 e. The lowest BCUT2D eigenvalue weighted by atomic mass is 10.0. The van der Waals surface area contributed by atoms with E-state index in [1.807, 2.05) is 43.4 Å². The van der Waals surface area contributed by atoms with Crippen LogP contribution in [0.3, 0.4) is 0 Å². The first-order chi connectivity index (χ1) is 15.7. The molecule has 0 aliphatic rings. The number of aromatic nitrogens is 4. The van der Waals surface area contributed by atoms with Gasteiger partial charge >= 0.3 is 6.03 Å². The number of fused-ring (bicyclic) bond motifs is 3. The lowest BCUT2D eigenvalue weighted by Gasteiger charge is -2.12. The van der Waals surface area contributed by atoms with Crippen LogP contribution in [0.1, 0.15) is 65.6 Å². The molecule has 0 bridgehead atoms. The summed E-state index contributed by atoms with van der Waals surface area (Å²) in [4.78, 5) is 28.7. The van der Waals surface area contributed by atoms with Gasteiger partial charge in [0.25, 0.3) is 0 Å². The molecule has 2 heterocycles. The quantitative estimate of drug-likeness (QED) is 0.363. The number of Topliss-reactive ketones (excluding diaryl/α,β-unsaturated/α-hetero) is 1. The second-order valence-electron chi connectivity index (χ2n) is 9.20. The monoisotopic (exact) mass is 453 g/mol. The average Bonchev–Trinajstić information content (AvgIpc) is 3.11. The van der Waals surface area contributed by atoms with Gasteiger partial charge in [-0.1, -0.05) is 20.3 Å². The summed E-state index contributed by atoms with van der Waals surface area (Å²) in [6.45, 7) is 10.6. The van der Waals surface area contributed by atoms with Gasteiger partial charge in [0.15, 0.2) is 5.82 Å². The minimum atomic E-state index is -0.254. The van der Waals surface area contributed by atoms with Crippen LogP contribution in [0.25, 0.3) is 16.7 Å². The Kier molecular flexibility index (Phi) is 8.19. The number of aryl methyl sites for hydroxylation is 1. The normalized spacial score (nSPS) is 11.5. The van der Waals surface area contributed by atoms with E-state index >= 15 is 0 Å². The molecule has 0 unspecified atom stereocenters. The highest BCUT2D eigenvalue weighted by Gasteiger charge is 2.14. The van der Waals surface area contributed by atoms with Crippen LogP contribution in [0.4, 0.5) is 16.3 Å². The molecule has 3 rings (SSSR count). The molecule has 0 fully saturated rings. The Balaban J connectivity index is 1.69. The zero-order valence-electron chi connectivity index (χ0n) is 20.2. The number of unbranched alkanes of at least 4 members (excludes halogenated alkanes) is 2. The predicted octanol–water partition coefficient (Wildman–Crippen LogP) is 4.70. The smallest absolute Gasteiger partial charge is 0.319 e. The molecule has 2 aromatic heterocycles. The number of amides is 2. The summed E-state index contributed by atoms with van der Waals surface area (Å²) in [5, 5.41) is 17.6. The van der Waals surface area contributed by atoms with Crippen molar-refractivity contribution < 1.29 is 9.59 Å². The van der Waals surface area contributed by atoms with Crippen LogP contribution >= 0.6 is 0 Å². The Morgan fingerprint density at radius 3 is 2.58 bits per heavy atom. The number of nitrogens with zero attached hydrogens (tertiary/aromatic N) is 4. The van der Waals surface area contributed by atoms with Gasteiger partial charge in [0.2, 0.25) is 5.65 Å². The molecule has 9 nitrogen and oxygen atoms in total. The van der Waals surface area contributed by atoms with Gasteiger partial charge in [0, 0.05) is 31.1 Å². The lowest BCUT2D eigenvalue weighted by molar-refractivity contribution is -0.119. The SMILES string of the molecule is Cc1nnc2c(NCCCCCC(=O)CC(C)C)nc3cc(NC(=O)NC(C)C)ccc3n12. The maximum Gasteiger partial charge on any atom is 0.319 e. The van der Waals surface area contributed by atoms with Crippen LogP contribution in [0, 0.1) is 12.8 Å². The summed E-state index contributed by atoms with van der Waals surface area (Å²) in [6.07, 6.45) is 4.14. The first-order valence-electron chi connectivity index (χ1n) is 11.7. The van der Waals surface area contributed by atoms with E-state index in [9.17, 15) is 9.59 Å². The maximum atomic E-state index is 12.1. The molecule has 1 aromatic carbocycles. The Morgan fingerprint density at radius 1 is 1.06 bits per heavy atom. The van der Waals surface area contributed by atoms with Gasteiger partial charge in [0.05, 0.1) is 11.0 Å². The van der Waals surface area contributed by atoms with Crippen molar-refractivity contribution in [3.63, 3.8) is 0 Å². The lowest BCUT2D eigenvalue weighted by Crippen LogP contribution is -2.34. The van der Waals surface area contributed by atoms with Crippen LogP contribution in [0.5, 0.6) is 0 Å². The largest absolute Gasteiger partial charge is 0.367 e. The topological polar surface area (TPSA) is 113 Å². The number of rotatable bonds is 11. The highest BCUT2D eigenvalue weighted by molar-refractivity contribution is 5.93. The molecule has 0 aliphatic heterocycles. The molecule has 33 heavy (non-hydrogen) atoms. The summed E-state index contributed by atoms with van der Waals surface area (Å²) in [5.41, 5.74) is 2.94. The van der Waals surface area contributed by atoms with Crippen molar-refractivity contribution in [2.45, 2.75) is 72.8 Å². The Hall–Kier alpha value is -3.23. The molecule has 0 spiro atoms. The molecule has 0 saturated heterocycles. The van der Waals surface area contributed by atoms with E-state index < -0.39 is 0 Å². The van der Waals surface area contributed by atoms with E-state index in [1.165, 1.54) is 0 Å². The number of urea groups is 1. The average molecular weight is 454 g/mol. The number of hydrogen-bond donors (Lipinski definition) is 3. The standard InChI is InChI=1S/C24H35N7O2/c1-15(2)13-19(32)9-7-6-8-12-25-22-23-30-29-17(5)31(23)21-11-10-18(14-20(21)28-22)27-24(33)26-16(3)4/h10-11,14-16H,6-9,12-13H2,1-5H3,(H,25,28)(H2,26,27,33). The second-order valence-corrected chi connectivity index (χ2v) is 9.20. The van der Waals surface area contributed by atoms with Crippen LogP contribution in [-0.2, 0) is 4.79 Å². The fourth-order valence-electron chi connectivity index (χ4n) is 3.79. The molecular formula is C24H35N7O2. The zero-order chi connectivity index (χ0) is 24.0. The summed E-state index contributed by atoms with van der Waals surface area (Å²) in [6, 6.07) is 5.40. The summed E-state index contributed by atoms with van der Waals surface area (Å²) < 4.78 is 1.97. The van der Waals surface area contributed by atoms with Crippen molar-refractivity contribution in [2.24, 2.45) is 5.92 Å². The van der Waals surface area contributed by atoms with Crippen molar-refractivity contribution >= 4 is 40.0 Å². The van der Waals surface area contributed by atoms with E-state index in [4.69, 9.17) is 4.98 Å². The number of hydrogen-bond acceptors (Lipinski definition) is 6. The number of anilines is 2. The number of benzene rings is 1. The molecule has 3 aromatic rings. The van der Waals surface area contributed by atoms with Gasteiger partial charge in [-0.2, -0.15) is 0 Å². The first kappa shape index (κ1) is 24.4. The van der Waals surface area contributed by atoms with Gasteiger partial charge in [-0.15, -0.1) is 10.2 Å². The van der Waals surface area contributed by atoms with Crippen molar-refractivity contribution in [3.05, 3.63) is 24.0 Å². The van der Waals surface area contributed by atoms with Crippen LogP contribution in [0.15, 0.2) is 18.2 Å². The Labute approximate surface area is 194 Å². The number of carbonyl (C=O) groups excluding carboxylic acids is 2. The highest BCUT2D eigenvalue weighted by Crippen LogP contribution is 2.24. The highest BCUT2D eigenvalue weighted by atomic mass is 16.2. The fraction of sp³-hybridized carbons (Fsp3) is 0.542. The third-order valence-corrected chi connectivity index (χ3v) is 5.22. The molecule has 3 N–H and O–H groups in total. The van der Waals surface area contributed by atoms with Crippen LogP contribution < -0.4 is 16.0 Å². The van der Waals surface area contributed by atoms with Crippen LogP contribution in [0.2, 0.25) is 0 Å². The van der Waals surface area contributed by atoms with Gasteiger partial charge in [-0.05, 0) is 57.7 Å². The van der Waals surface area contributed by atoms with E-state index in [0.29, 0.717) is 41.7 Å².